The first-order valence-corrected chi connectivity index (χ1v) is 9.71. The molecule has 1 N–H and O–H groups in total. The van der Waals surface area contributed by atoms with Crippen molar-refractivity contribution in [1.82, 2.24) is 20.4 Å². The fraction of sp³-hybridized carbons (Fsp3) is 0.200. The molecule has 0 spiro atoms. The average Bonchev–Trinajstić information content (AvgIpc) is 3.28. The van der Waals surface area contributed by atoms with Gasteiger partial charge in [-0.15, -0.1) is 10.2 Å². The van der Waals surface area contributed by atoms with Crippen molar-refractivity contribution in [3.63, 3.8) is 0 Å². The summed E-state index contributed by atoms with van der Waals surface area (Å²) in [5.74, 6) is -0.457. The largest absolute Gasteiger partial charge is 0.419 e. The molecule has 1 aliphatic heterocycles. The summed E-state index contributed by atoms with van der Waals surface area (Å²) in [4.78, 5) is 26.7. The van der Waals surface area contributed by atoms with E-state index in [0.29, 0.717) is 17.5 Å². The van der Waals surface area contributed by atoms with E-state index in [9.17, 15) is 14.0 Å². The van der Waals surface area contributed by atoms with E-state index in [1.165, 1.54) is 24.3 Å². The van der Waals surface area contributed by atoms with Gasteiger partial charge in [-0.3, -0.25) is 9.69 Å². The van der Waals surface area contributed by atoms with Gasteiger partial charge in [-0.05, 0) is 52.2 Å². The summed E-state index contributed by atoms with van der Waals surface area (Å²) in [5, 5.41) is 10.7. The van der Waals surface area contributed by atoms with E-state index in [2.05, 4.69) is 31.4 Å². The molecule has 1 saturated heterocycles. The number of benzene rings is 2. The van der Waals surface area contributed by atoms with E-state index in [0.717, 1.165) is 9.37 Å². The fourth-order valence-electron chi connectivity index (χ4n) is 3.34. The SMILES string of the molecule is CCC1(c2ccc(F)cc2)NC(=O)N(Cc2nnc(-c3ccccc3Br)o2)C1=O. The van der Waals surface area contributed by atoms with Gasteiger partial charge in [-0.25, -0.2) is 9.18 Å². The number of nitrogens with one attached hydrogen (secondary N) is 1. The first-order valence-electron chi connectivity index (χ1n) is 8.92. The maximum atomic E-state index is 13.3. The molecule has 148 valence electrons. The molecule has 7 nitrogen and oxygen atoms in total. The van der Waals surface area contributed by atoms with E-state index < -0.39 is 23.3 Å². The zero-order chi connectivity index (χ0) is 20.6. The maximum absolute atomic E-state index is 13.3. The number of carbonyl (C=O) groups excluding carboxylic acids is 2. The topological polar surface area (TPSA) is 88.3 Å². The van der Waals surface area contributed by atoms with Crippen LogP contribution < -0.4 is 5.32 Å². The quantitative estimate of drug-likeness (QED) is 0.583. The second kappa shape index (κ2) is 7.40. The molecule has 4 rings (SSSR count). The molecule has 3 aromatic rings. The van der Waals surface area contributed by atoms with Gasteiger partial charge in [0, 0.05) is 4.47 Å². The predicted molar refractivity (Wildman–Crippen MR) is 105 cm³/mol. The highest BCUT2D eigenvalue weighted by molar-refractivity contribution is 9.10. The van der Waals surface area contributed by atoms with E-state index >= 15 is 0 Å². The zero-order valence-corrected chi connectivity index (χ0v) is 16.9. The van der Waals surface area contributed by atoms with Gasteiger partial charge in [0.25, 0.3) is 5.91 Å². The minimum Gasteiger partial charge on any atom is -0.419 e. The Bertz CT molecular complexity index is 1090. The number of imide groups is 1. The second-order valence-electron chi connectivity index (χ2n) is 6.57. The van der Waals surface area contributed by atoms with E-state index in [1.54, 1.807) is 6.92 Å². The molecule has 0 aliphatic carbocycles. The van der Waals surface area contributed by atoms with Gasteiger partial charge in [-0.2, -0.15) is 0 Å². The van der Waals surface area contributed by atoms with Gasteiger partial charge in [0.05, 0.1) is 5.56 Å². The van der Waals surface area contributed by atoms with Crippen LogP contribution in [0.5, 0.6) is 0 Å². The van der Waals surface area contributed by atoms with Gasteiger partial charge in [0.2, 0.25) is 11.8 Å². The van der Waals surface area contributed by atoms with Crippen molar-refractivity contribution in [1.29, 1.82) is 0 Å². The minimum absolute atomic E-state index is 0.130. The van der Waals surface area contributed by atoms with Crippen molar-refractivity contribution in [3.8, 4) is 11.5 Å². The van der Waals surface area contributed by atoms with Gasteiger partial charge in [0.1, 0.15) is 17.9 Å². The van der Waals surface area contributed by atoms with Crippen LogP contribution in [0.15, 0.2) is 57.4 Å². The molecule has 1 aliphatic rings. The highest BCUT2D eigenvalue weighted by Crippen LogP contribution is 2.33. The van der Waals surface area contributed by atoms with Crippen molar-refractivity contribution in [2.45, 2.75) is 25.4 Å². The van der Waals surface area contributed by atoms with Gasteiger partial charge in [0.15, 0.2) is 0 Å². The molecule has 1 fully saturated rings. The third kappa shape index (κ3) is 3.31. The van der Waals surface area contributed by atoms with Crippen molar-refractivity contribution in [2.75, 3.05) is 0 Å². The highest BCUT2D eigenvalue weighted by Gasteiger charge is 2.51. The molecule has 9 heteroatoms. The van der Waals surface area contributed by atoms with Crippen LogP contribution in [0.4, 0.5) is 9.18 Å². The Morgan fingerprint density at radius 2 is 1.86 bits per heavy atom. The summed E-state index contributed by atoms with van der Waals surface area (Å²) in [6, 6.07) is 12.3. The number of rotatable bonds is 5. The van der Waals surface area contributed by atoms with E-state index in [1.807, 2.05) is 24.3 Å². The average molecular weight is 459 g/mol. The number of amides is 3. The van der Waals surface area contributed by atoms with E-state index in [-0.39, 0.29) is 18.3 Å². The Kier molecular flexibility index (Phi) is 4.91. The molecular weight excluding hydrogens is 443 g/mol. The summed E-state index contributed by atoms with van der Waals surface area (Å²) in [5.41, 5.74) is -0.0323. The lowest BCUT2D eigenvalue weighted by molar-refractivity contribution is -0.132. The first kappa shape index (κ1) is 19.3. The monoisotopic (exact) mass is 458 g/mol. The second-order valence-corrected chi connectivity index (χ2v) is 7.42. The van der Waals surface area contributed by atoms with Crippen molar-refractivity contribution < 1.29 is 18.4 Å². The Balaban J connectivity index is 1.60. The summed E-state index contributed by atoms with van der Waals surface area (Å²) in [6.07, 6.45) is 0.311. The van der Waals surface area contributed by atoms with Crippen LogP contribution in [0.2, 0.25) is 0 Å². The number of hydrogen-bond donors (Lipinski definition) is 1. The highest BCUT2D eigenvalue weighted by atomic mass is 79.9. The van der Waals surface area contributed by atoms with Gasteiger partial charge in [-0.1, -0.05) is 31.2 Å². The van der Waals surface area contributed by atoms with Crippen LogP contribution in [-0.2, 0) is 16.9 Å². The molecule has 29 heavy (non-hydrogen) atoms. The smallest absolute Gasteiger partial charge is 0.325 e. The molecule has 1 atom stereocenters. The third-order valence-corrected chi connectivity index (χ3v) is 5.60. The summed E-state index contributed by atoms with van der Waals surface area (Å²) in [7, 11) is 0. The lowest BCUT2D eigenvalue weighted by Gasteiger charge is -2.25. The molecular formula is C20H16BrFN4O3. The van der Waals surface area contributed by atoms with Crippen LogP contribution >= 0.6 is 15.9 Å². The predicted octanol–water partition coefficient (Wildman–Crippen LogP) is 4.00. The van der Waals surface area contributed by atoms with Crippen LogP contribution in [0, 0.1) is 5.82 Å². The first-order chi connectivity index (χ1) is 13.9. The summed E-state index contributed by atoms with van der Waals surface area (Å²) < 4.78 is 19.7. The lowest BCUT2D eigenvalue weighted by atomic mass is 9.87. The number of aromatic nitrogens is 2. The van der Waals surface area contributed by atoms with Crippen LogP contribution in [0.1, 0.15) is 24.8 Å². The van der Waals surface area contributed by atoms with Crippen molar-refractivity contribution in [3.05, 3.63) is 70.3 Å². The molecule has 3 amide bonds. The number of halogens is 2. The van der Waals surface area contributed by atoms with E-state index in [4.69, 9.17) is 4.42 Å². The van der Waals surface area contributed by atoms with Gasteiger partial charge < -0.3 is 9.73 Å². The maximum Gasteiger partial charge on any atom is 0.325 e. The molecule has 1 unspecified atom stereocenters. The summed E-state index contributed by atoms with van der Waals surface area (Å²) >= 11 is 3.42. The molecule has 0 saturated carbocycles. The molecule has 2 heterocycles. The lowest BCUT2D eigenvalue weighted by Crippen LogP contribution is -2.43. The summed E-state index contributed by atoms with van der Waals surface area (Å²) in [6.45, 7) is 1.62. The molecule has 1 aromatic heterocycles. The Labute approximate surface area is 174 Å². The standard InChI is InChI=1S/C20H16BrFN4O3/c1-2-20(12-7-9-13(22)10-8-12)18(27)26(19(28)23-20)11-16-24-25-17(29-16)14-5-3-4-6-15(14)21/h3-10H,2,11H2,1H3,(H,23,28). The van der Waals surface area contributed by atoms with Crippen LogP contribution in [0.3, 0.4) is 0 Å². The fourth-order valence-corrected chi connectivity index (χ4v) is 3.79. The Morgan fingerprint density at radius 3 is 2.55 bits per heavy atom. The normalized spacial score (nSPS) is 18.9. The number of hydrogen-bond acceptors (Lipinski definition) is 5. The molecule has 0 radical (unpaired) electrons. The Morgan fingerprint density at radius 1 is 1.14 bits per heavy atom. The minimum atomic E-state index is -1.25. The van der Waals surface area contributed by atoms with Gasteiger partial charge >= 0.3 is 6.03 Å². The zero-order valence-electron chi connectivity index (χ0n) is 15.4. The molecule has 2 aromatic carbocycles. The van der Waals surface area contributed by atoms with Crippen LogP contribution in [-0.4, -0.2) is 27.0 Å². The van der Waals surface area contributed by atoms with Crippen molar-refractivity contribution >= 4 is 27.9 Å². The molecule has 0 bridgehead atoms. The number of nitrogens with zero attached hydrogens (tertiary/aromatic N) is 3. The van der Waals surface area contributed by atoms with Crippen LogP contribution in [0.25, 0.3) is 11.5 Å². The number of carbonyl (C=O) groups is 2. The Hall–Kier alpha value is -3.07. The van der Waals surface area contributed by atoms with Crippen molar-refractivity contribution in [2.24, 2.45) is 0 Å². The third-order valence-electron chi connectivity index (χ3n) is 4.91. The number of urea groups is 1.